The number of amides is 1. The molecular formula is C11H9NO2. The van der Waals surface area contributed by atoms with E-state index in [0.717, 1.165) is 0 Å². The SMILES string of the molecule is C=C=C[C@]1(O)C(=O)Nc2ccccc21. The van der Waals surface area contributed by atoms with E-state index < -0.39 is 11.5 Å². The van der Waals surface area contributed by atoms with Crippen molar-refractivity contribution in [1.82, 2.24) is 0 Å². The zero-order chi connectivity index (χ0) is 10.2. The van der Waals surface area contributed by atoms with Crippen LogP contribution >= 0.6 is 0 Å². The Morgan fingerprint density at radius 2 is 2.21 bits per heavy atom. The minimum Gasteiger partial charge on any atom is -0.372 e. The molecule has 1 amide bonds. The van der Waals surface area contributed by atoms with Crippen LogP contribution in [-0.4, -0.2) is 11.0 Å². The molecule has 2 rings (SSSR count). The summed E-state index contributed by atoms with van der Waals surface area (Å²) in [6.45, 7) is 3.36. The lowest BCUT2D eigenvalue weighted by Crippen LogP contribution is -2.31. The molecule has 1 aliphatic rings. The van der Waals surface area contributed by atoms with Gasteiger partial charge in [0.25, 0.3) is 5.91 Å². The number of aliphatic hydroxyl groups is 1. The quantitative estimate of drug-likeness (QED) is 0.648. The smallest absolute Gasteiger partial charge is 0.265 e. The summed E-state index contributed by atoms with van der Waals surface area (Å²) in [6.07, 6.45) is 1.26. The molecule has 3 nitrogen and oxygen atoms in total. The molecule has 0 bridgehead atoms. The van der Waals surface area contributed by atoms with Gasteiger partial charge < -0.3 is 10.4 Å². The van der Waals surface area contributed by atoms with E-state index in [9.17, 15) is 9.90 Å². The van der Waals surface area contributed by atoms with Gasteiger partial charge in [0.1, 0.15) is 0 Å². The van der Waals surface area contributed by atoms with Gasteiger partial charge in [0, 0.05) is 17.3 Å². The first-order chi connectivity index (χ1) is 6.68. The number of fused-ring (bicyclic) bond motifs is 1. The van der Waals surface area contributed by atoms with E-state index in [2.05, 4.69) is 17.6 Å². The average molecular weight is 187 g/mol. The number of hydrogen-bond acceptors (Lipinski definition) is 2. The molecule has 0 aromatic heterocycles. The Bertz CT molecular complexity index is 446. The highest BCUT2D eigenvalue weighted by Crippen LogP contribution is 2.36. The summed E-state index contributed by atoms with van der Waals surface area (Å²) in [4.78, 5) is 11.5. The molecule has 3 heteroatoms. The van der Waals surface area contributed by atoms with E-state index >= 15 is 0 Å². The molecule has 0 unspecified atom stereocenters. The van der Waals surface area contributed by atoms with Crippen molar-refractivity contribution in [1.29, 1.82) is 0 Å². The van der Waals surface area contributed by atoms with Gasteiger partial charge in [-0.25, -0.2) is 0 Å². The molecule has 0 saturated carbocycles. The number of anilines is 1. The van der Waals surface area contributed by atoms with Crippen molar-refractivity contribution in [2.24, 2.45) is 0 Å². The molecule has 1 aromatic carbocycles. The van der Waals surface area contributed by atoms with E-state index in [1.807, 2.05) is 0 Å². The molecule has 0 saturated heterocycles. The molecule has 2 N–H and O–H groups in total. The van der Waals surface area contributed by atoms with Crippen LogP contribution in [0.1, 0.15) is 5.56 Å². The van der Waals surface area contributed by atoms with Gasteiger partial charge in [-0.15, -0.1) is 5.73 Å². The highest BCUT2D eigenvalue weighted by molar-refractivity contribution is 6.06. The number of nitrogens with one attached hydrogen (secondary N) is 1. The summed E-state index contributed by atoms with van der Waals surface area (Å²) >= 11 is 0. The van der Waals surface area contributed by atoms with E-state index in [0.29, 0.717) is 11.3 Å². The van der Waals surface area contributed by atoms with Crippen molar-refractivity contribution in [3.05, 3.63) is 48.2 Å². The Hall–Kier alpha value is -1.83. The van der Waals surface area contributed by atoms with Gasteiger partial charge in [0.15, 0.2) is 5.60 Å². The molecule has 1 aromatic rings. The first-order valence-corrected chi connectivity index (χ1v) is 4.19. The standard InChI is InChI=1S/C11H9NO2/c1-2-7-11(14)8-5-3-4-6-9(8)12-10(11)13/h3-7,14H,1H2,(H,12,13)/t11-/m1/s1. The maximum absolute atomic E-state index is 11.5. The fourth-order valence-corrected chi connectivity index (χ4v) is 1.56. The molecule has 1 atom stereocenters. The van der Waals surface area contributed by atoms with Gasteiger partial charge in [-0.05, 0) is 6.07 Å². The lowest BCUT2D eigenvalue weighted by Gasteiger charge is -2.13. The lowest BCUT2D eigenvalue weighted by molar-refractivity contribution is -0.129. The fraction of sp³-hybridized carbons (Fsp3) is 0.0909. The predicted molar refractivity (Wildman–Crippen MR) is 52.7 cm³/mol. The van der Waals surface area contributed by atoms with Crippen LogP contribution in [0.3, 0.4) is 0 Å². The van der Waals surface area contributed by atoms with Crippen molar-refractivity contribution < 1.29 is 9.90 Å². The van der Waals surface area contributed by atoms with Crippen LogP contribution in [0.5, 0.6) is 0 Å². The zero-order valence-corrected chi connectivity index (χ0v) is 7.45. The summed E-state index contributed by atoms with van der Waals surface area (Å²) in [5, 5.41) is 12.6. The van der Waals surface area contributed by atoms with Crippen LogP contribution in [-0.2, 0) is 10.4 Å². The Balaban J connectivity index is 2.65. The zero-order valence-electron chi connectivity index (χ0n) is 7.45. The van der Waals surface area contributed by atoms with Crippen molar-refractivity contribution in [2.75, 3.05) is 5.32 Å². The summed E-state index contributed by atoms with van der Waals surface area (Å²) in [7, 11) is 0. The second kappa shape index (κ2) is 2.84. The van der Waals surface area contributed by atoms with Crippen LogP contribution < -0.4 is 5.32 Å². The summed E-state index contributed by atoms with van der Waals surface area (Å²) in [6, 6.07) is 6.99. The van der Waals surface area contributed by atoms with Crippen molar-refractivity contribution in [3.63, 3.8) is 0 Å². The Kier molecular flexibility index (Phi) is 1.78. The first kappa shape index (κ1) is 8.75. The summed E-state index contributed by atoms with van der Waals surface area (Å²) in [5.41, 5.74) is 2.00. The Morgan fingerprint density at radius 1 is 1.50 bits per heavy atom. The molecule has 0 radical (unpaired) electrons. The molecule has 70 valence electrons. The molecule has 1 aliphatic heterocycles. The molecular weight excluding hydrogens is 178 g/mol. The van der Waals surface area contributed by atoms with Gasteiger partial charge >= 0.3 is 0 Å². The van der Waals surface area contributed by atoms with Gasteiger partial charge in [-0.3, -0.25) is 4.79 Å². The van der Waals surface area contributed by atoms with Crippen LogP contribution in [0, 0.1) is 0 Å². The predicted octanol–water partition coefficient (Wildman–Crippen LogP) is 1.17. The van der Waals surface area contributed by atoms with Crippen molar-refractivity contribution in [2.45, 2.75) is 5.60 Å². The second-order valence-corrected chi connectivity index (χ2v) is 3.11. The minimum atomic E-state index is -1.61. The third-order valence-electron chi connectivity index (χ3n) is 2.24. The van der Waals surface area contributed by atoms with Crippen molar-refractivity contribution >= 4 is 11.6 Å². The van der Waals surface area contributed by atoms with Gasteiger partial charge in [-0.2, -0.15) is 0 Å². The number of carbonyl (C=O) groups excluding carboxylic acids is 1. The Morgan fingerprint density at radius 3 is 2.93 bits per heavy atom. The monoisotopic (exact) mass is 187 g/mol. The first-order valence-electron chi connectivity index (χ1n) is 4.19. The third-order valence-corrected chi connectivity index (χ3v) is 2.24. The maximum atomic E-state index is 11.5. The fourth-order valence-electron chi connectivity index (χ4n) is 1.56. The van der Waals surface area contributed by atoms with Crippen LogP contribution in [0.4, 0.5) is 5.69 Å². The molecule has 0 spiro atoms. The van der Waals surface area contributed by atoms with Crippen molar-refractivity contribution in [3.8, 4) is 0 Å². The lowest BCUT2D eigenvalue weighted by atomic mass is 9.95. The number of carbonyl (C=O) groups is 1. The molecule has 1 heterocycles. The van der Waals surface area contributed by atoms with E-state index in [1.165, 1.54) is 6.08 Å². The maximum Gasteiger partial charge on any atom is 0.265 e. The molecule has 14 heavy (non-hydrogen) atoms. The second-order valence-electron chi connectivity index (χ2n) is 3.11. The number of para-hydroxylation sites is 1. The largest absolute Gasteiger partial charge is 0.372 e. The topological polar surface area (TPSA) is 49.3 Å². The van der Waals surface area contributed by atoms with E-state index in [4.69, 9.17) is 0 Å². The van der Waals surface area contributed by atoms with Gasteiger partial charge in [0.2, 0.25) is 0 Å². The van der Waals surface area contributed by atoms with E-state index in [-0.39, 0.29) is 0 Å². The van der Waals surface area contributed by atoms with Gasteiger partial charge in [0.05, 0.1) is 0 Å². The minimum absolute atomic E-state index is 0.463. The summed E-state index contributed by atoms with van der Waals surface area (Å²) < 4.78 is 0. The van der Waals surface area contributed by atoms with Gasteiger partial charge in [-0.1, -0.05) is 24.8 Å². The van der Waals surface area contributed by atoms with Crippen LogP contribution in [0.15, 0.2) is 42.7 Å². The number of hydrogen-bond donors (Lipinski definition) is 2. The average Bonchev–Trinajstić information content (AvgIpc) is 2.41. The number of rotatable bonds is 1. The molecule has 0 fully saturated rings. The number of benzene rings is 1. The highest BCUT2D eigenvalue weighted by Gasteiger charge is 2.42. The third kappa shape index (κ3) is 1.01. The molecule has 0 aliphatic carbocycles. The Labute approximate surface area is 81.4 Å². The van der Waals surface area contributed by atoms with Crippen LogP contribution in [0.2, 0.25) is 0 Å². The normalized spacial score (nSPS) is 23.6. The highest BCUT2D eigenvalue weighted by atomic mass is 16.3. The summed E-state index contributed by atoms with van der Waals surface area (Å²) in [5.74, 6) is -0.463. The van der Waals surface area contributed by atoms with Crippen LogP contribution in [0.25, 0.3) is 0 Å². The van der Waals surface area contributed by atoms with E-state index in [1.54, 1.807) is 24.3 Å².